The second kappa shape index (κ2) is 4.30. The highest BCUT2D eigenvalue weighted by molar-refractivity contribution is 4.89. The van der Waals surface area contributed by atoms with Crippen molar-refractivity contribution in [1.82, 2.24) is 0 Å². The van der Waals surface area contributed by atoms with Crippen LogP contribution in [-0.2, 0) is 0 Å². The molecule has 0 bridgehead atoms. The molecule has 1 fully saturated rings. The molecular formula is C12H24. The molecule has 1 rings (SSSR count). The maximum absolute atomic E-state index is 2.43. The van der Waals surface area contributed by atoms with Crippen molar-refractivity contribution in [3.8, 4) is 0 Å². The van der Waals surface area contributed by atoms with Gasteiger partial charge in [-0.25, -0.2) is 0 Å². The van der Waals surface area contributed by atoms with Gasteiger partial charge in [0.25, 0.3) is 0 Å². The lowest BCUT2D eigenvalue weighted by Crippen LogP contribution is -2.41. The maximum Gasteiger partial charge on any atom is -0.0357 e. The Bertz CT molecular complexity index is 118. The van der Waals surface area contributed by atoms with Gasteiger partial charge in [-0.2, -0.15) is 0 Å². The van der Waals surface area contributed by atoms with Gasteiger partial charge >= 0.3 is 0 Å². The predicted octanol–water partition coefficient (Wildman–Crippen LogP) is 4.10. The van der Waals surface area contributed by atoms with Crippen LogP contribution in [0.5, 0.6) is 0 Å². The fraction of sp³-hybridized carbons (Fsp3) is 1.00. The lowest BCUT2D eigenvalue weighted by Gasteiger charge is -2.48. The maximum atomic E-state index is 2.43. The first-order chi connectivity index (χ1) is 5.68. The van der Waals surface area contributed by atoms with Crippen molar-refractivity contribution >= 4 is 0 Å². The minimum Gasteiger partial charge on any atom is -0.0654 e. The molecule has 0 N–H and O–H groups in total. The van der Waals surface area contributed by atoms with E-state index in [1.807, 2.05) is 0 Å². The zero-order chi connectivity index (χ0) is 9.14. The van der Waals surface area contributed by atoms with Gasteiger partial charge in [-0.1, -0.05) is 47.0 Å². The third-order valence-electron chi connectivity index (χ3n) is 4.15. The van der Waals surface area contributed by atoms with E-state index < -0.39 is 0 Å². The highest BCUT2D eigenvalue weighted by Gasteiger charge is 2.40. The van der Waals surface area contributed by atoms with Crippen LogP contribution < -0.4 is 0 Å². The lowest BCUT2D eigenvalue weighted by molar-refractivity contribution is 0.00801. The summed E-state index contributed by atoms with van der Waals surface area (Å²) in [7, 11) is 0. The van der Waals surface area contributed by atoms with Crippen LogP contribution >= 0.6 is 0 Å². The summed E-state index contributed by atoms with van der Waals surface area (Å²) in [4.78, 5) is 0. The molecule has 0 aromatic rings. The third kappa shape index (κ3) is 1.84. The van der Waals surface area contributed by atoms with E-state index in [4.69, 9.17) is 0 Å². The monoisotopic (exact) mass is 168 g/mol. The molecule has 0 saturated heterocycles. The van der Waals surface area contributed by atoms with Crippen LogP contribution in [0.1, 0.15) is 53.4 Å². The molecular weight excluding hydrogens is 144 g/mol. The molecule has 12 heavy (non-hydrogen) atoms. The molecule has 72 valence electrons. The van der Waals surface area contributed by atoms with Crippen LogP contribution in [0.3, 0.4) is 0 Å². The van der Waals surface area contributed by atoms with Gasteiger partial charge in [-0.15, -0.1) is 0 Å². The summed E-state index contributed by atoms with van der Waals surface area (Å²) >= 11 is 0. The Balaban J connectivity index is 2.16. The lowest BCUT2D eigenvalue weighted by atomic mass is 9.57. The van der Waals surface area contributed by atoms with Crippen LogP contribution in [0, 0.1) is 23.7 Å². The minimum atomic E-state index is 0.983. The number of rotatable bonds is 4. The van der Waals surface area contributed by atoms with E-state index in [2.05, 4.69) is 27.7 Å². The summed E-state index contributed by atoms with van der Waals surface area (Å²) in [6.45, 7) is 9.56. The van der Waals surface area contributed by atoms with Crippen molar-refractivity contribution in [3.63, 3.8) is 0 Å². The molecule has 1 aliphatic carbocycles. The van der Waals surface area contributed by atoms with E-state index >= 15 is 0 Å². The number of unbranched alkanes of at least 4 members (excludes halogenated alkanes) is 2. The second-order valence-electron chi connectivity index (χ2n) is 4.74. The van der Waals surface area contributed by atoms with E-state index in [0.29, 0.717) is 0 Å². The Morgan fingerprint density at radius 3 is 1.92 bits per heavy atom. The first-order valence-corrected chi connectivity index (χ1v) is 5.68. The molecule has 1 aliphatic rings. The van der Waals surface area contributed by atoms with Crippen LogP contribution in [0.4, 0.5) is 0 Å². The smallest absolute Gasteiger partial charge is 0.0357 e. The van der Waals surface area contributed by atoms with Crippen molar-refractivity contribution in [2.75, 3.05) is 0 Å². The molecule has 0 heterocycles. The van der Waals surface area contributed by atoms with Gasteiger partial charge in [0.1, 0.15) is 0 Å². The van der Waals surface area contributed by atoms with Gasteiger partial charge in [0.2, 0.25) is 0 Å². The van der Waals surface area contributed by atoms with Gasteiger partial charge in [-0.3, -0.25) is 0 Å². The van der Waals surface area contributed by atoms with Gasteiger partial charge in [-0.05, 0) is 30.1 Å². The molecule has 0 amide bonds. The Hall–Kier alpha value is 0. The fourth-order valence-corrected chi connectivity index (χ4v) is 2.75. The largest absolute Gasteiger partial charge is 0.0654 e. The highest BCUT2D eigenvalue weighted by Crippen LogP contribution is 2.47. The van der Waals surface area contributed by atoms with Crippen LogP contribution in [-0.4, -0.2) is 0 Å². The van der Waals surface area contributed by atoms with Crippen molar-refractivity contribution < 1.29 is 0 Å². The standard InChI is InChI=1S/C12H24/c1-5-6-7-8-12-10(3)9(2)11(12)4/h9-12H,5-8H2,1-4H3. The van der Waals surface area contributed by atoms with Crippen LogP contribution in [0.2, 0.25) is 0 Å². The molecule has 0 heteroatoms. The molecule has 2 unspecified atom stereocenters. The molecule has 0 aromatic carbocycles. The van der Waals surface area contributed by atoms with Crippen LogP contribution in [0.25, 0.3) is 0 Å². The van der Waals surface area contributed by atoms with E-state index in [1.54, 1.807) is 0 Å². The van der Waals surface area contributed by atoms with Crippen molar-refractivity contribution in [3.05, 3.63) is 0 Å². The first-order valence-electron chi connectivity index (χ1n) is 5.68. The van der Waals surface area contributed by atoms with E-state index in [-0.39, 0.29) is 0 Å². The van der Waals surface area contributed by atoms with Crippen molar-refractivity contribution in [2.24, 2.45) is 23.7 Å². The molecule has 0 spiro atoms. The number of hydrogen-bond acceptors (Lipinski definition) is 0. The number of hydrogen-bond donors (Lipinski definition) is 0. The summed E-state index contributed by atoms with van der Waals surface area (Å²) in [5.41, 5.74) is 0. The molecule has 0 nitrogen and oxygen atoms in total. The zero-order valence-electron chi connectivity index (χ0n) is 9.14. The molecule has 2 atom stereocenters. The third-order valence-corrected chi connectivity index (χ3v) is 4.15. The zero-order valence-corrected chi connectivity index (χ0v) is 9.14. The molecule has 0 aromatic heterocycles. The van der Waals surface area contributed by atoms with Gasteiger partial charge < -0.3 is 0 Å². The average Bonchev–Trinajstić information content (AvgIpc) is 2.11. The fourth-order valence-electron chi connectivity index (χ4n) is 2.75. The average molecular weight is 168 g/mol. The van der Waals surface area contributed by atoms with Gasteiger partial charge in [0.05, 0.1) is 0 Å². The second-order valence-corrected chi connectivity index (χ2v) is 4.74. The Morgan fingerprint density at radius 2 is 1.42 bits per heavy atom. The summed E-state index contributed by atoms with van der Waals surface area (Å²) in [6, 6.07) is 0. The summed E-state index contributed by atoms with van der Waals surface area (Å²) in [5, 5.41) is 0. The first kappa shape index (κ1) is 10.1. The summed E-state index contributed by atoms with van der Waals surface area (Å²) in [5.74, 6) is 4.02. The predicted molar refractivity (Wildman–Crippen MR) is 55.1 cm³/mol. The highest BCUT2D eigenvalue weighted by atomic mass is 14.5. The Labute approximate surface area is 77.7 Å². The Kier molecular flexibility index (Phi) is 3.61. The van der Waals surface area contributed by atoms with E-state index in [0.717, 1.165) is 23.7 Å². The summed E-state index contributed by atoms with van der Waals surface area (Å²) < 4.78 is 0. The SMILES string of the molecule is CCCCCC1C(C)C(C)C1C. The van der Waals surface area contributed by atoms with Crippen LogP contribution in [0.15, 0.2) is 0 Å². The van der Waals surface area contributed by atoms with Crippen molar-refractivity contribution in [1.29, 1.82) is 0 Å². The van der Waals surface area contributed by atoms with Gasteiger partial charge in [0.15, 0.2) is 0 Å². The Morgan fingerprint density at radius 1 is 0.833 bits per heavy atom. The molecule has 0 aliphatic heterocycles. The normalized spacial score (nSPS) is 41.0. The quantitative estimate of drug-likeness (QED) is 0.554. The summed E-state index contributed by atoms with van der Waals surface area (Å²) in [6.07, 6.45) is 5.75. The molecule has 1 saturated carbocycles. The van der Waals surface area contributed by atoms with Crippen molar-refractivity contribution in [2.45, 2.75) is 53.4 Å². The van der Waals surface area contributed by atoms with Gasteiger partial charge in [0, 0.05) is 0 Å². The van der Waals surface area contributed by atoms with E-state index in [9.17, 15) is 0 Å². The van der Waals surface area contributed by atoms with E-state index in [1.165, 1.54) is 25.7 Å². The topological polar surface area (TPSA) is 0 Å². The molecule has 0 radical (unpaired) electrons. The minimum absolute atomic E-state index is 0.983.